The van der Waals surface area contributed by atoms with Crippen molar-refractivity contribution in [2.45, 2.75) is 20.0 Å². The Bertz CT molecular complexity index is 824. The summed E-state index contributed by atoms with van der Waals surface area (Å²) in [6.07, 6.45) is 1.66. The molecule has 0 saturated carbocycles. The van der Waals surface area contributed by atoms with Gasteiger partial charge in [0.2, 0.25) is 0 Å². The third-order valence-electron chi connectivity index (χ3n) is 3.37. The Kier molecular flexibility index (Phi) is 4.24. The van der Waals surface area contributed by atoms with Crippen LogP contribution in [0.25, 0.3) is 10.8 Å². The monoisotopic (exact) mass is 306 g/mol. The number of pyridine rings is 1. The number of ether oxygens (including phenoxy) is 1. The maximum Gasteiger partial charge on any atom is 0.274 e. The molecule has 4 heteroatoms. The second kappa shape index (κ2) is 6.48. The van der Waals surface area contributed by atoms with Crippen LogP contribution >= 0.6 is 0 Å². The Morgan fingerprint density at radius 2 is 1.83 bits per heavy atom. The van der Waals surface area contributed by atoms with Crippen LogP contribution in [0.3, 0.4) is 0 Å². The summed E-state index contributed by atoms with van der Waals surface area (Å²) in [5, 5.41) is 4.85. The molecule has 116 valence electrons. The lowest BCUT2D eigenvalue weighted by molar-refractivity contribution is 0.102. The number of anilines is 1. The number of nitrogens with one attached hydrogen (secondary N) is 1. The molecule has 0 aliphatic heterocycles. The summed E-state index contributed by atoms with van der Waals surface area (Å²) in [6.45, 7) is 3.96. The predicted octanol–water partition coefficient (Wildman–Crippen LogP) is 4.27. The highest BCUT2D eigenvalue weighted by Crippen LogP contribution is 2.33. The quantitative estimate of drug-likeness (QED) is 0.783. The third-order valence-corrected chi connectivity index (χ3v) is 3.37. The number of hydrogen-bond donors (Lipinski definition) is 1. The van der Waals surface area contributed by atoms with Crippen LogP contribution in [0.15, 0.2) is 60.8 Å². The van der Waals surface area contributed by atoms with Crippen molar-refractivity contribution in [2.24, 2.45) is 0 Å². The molecule has 23 heavy (non-hydrogen) atoms. The number of carbonyl (C=O) groups excluding carboxylic acids is 1. The van der Waals surface area contributed by atoms with Gasteiger partial charge in [0, 0.05) is 11.6 Å². The highest BCUT2D eigenvalue weighted by atomic mass is 16.5. The fraction of sp³-hybridized carbons (Fsp3) is 0.158. The van der Waals surface area contributed by atoms with Gasteiger partial charge >= 0.3 is 0 Å². The Labute approximate surface area is 135 Å². The minimum Gasteiger partial charge on any atom is -0.490 e. The van der Waals surface area contributed by atoms with Crippen LogP contribution in [0.4, 0.5) is 5.69 Å². The topological polar surface area (TPSA) is 51.2 Å². The number of rotatable bonds is 4. The summed E-state index contributed by atoms with van der Waals surface area (Å²) in [6, 6.07) is 16.9. The first-order chi connectivity index (χ1) is 11.1. The van der Waals surface area contributed by atoms with Gasteiger partial charge in [-0.15, -0.1) is 0 Å². The van der Waals surface area contributed by atoms with Crippen molar-refractivity contribution < 1.29 is 9.53 Å². The van der Waals surface area contributed by atoms with Gasteiger partial charge in [-0.2, -0.15) is 0 Å². The highest BCUT2D eigenvalue weighted by molar-refractivity contribution is 6.09. The Morgan fingerprint density at radius 1 is 1.04 bits per heavy atom. The van der Waals surface area contributed by atoms with E-state index in [-0.39, 0.29) is 12.0 Å². The normalized spacial score (nSPS) is 10.7. The minimum atomic E-state index is -0.238. The van der Waals surface area contributed by atoms with Crippen molar-refractivity contribution in [3.05, 3.63) is 66.5 Å². The fourth-order valence-corrected chi connectivity index (χ4v) is 2.45. The Morgan fingerprint density at radius 3 is 2.52 bits per heavy atom. The first kappa shape index (κ1) is 15.0. The van der Waals surface area contributed by atoms with E-state index in [4.69, 9.17) is 4.74 Å². The van der Waals surface area contributed by atoms with E-state index in [9.17, 15) is 4.79 Å². The zero-order chi connectivity index (χ0) is 16.2. The van der Waals surface area contributed by atoms with Crippen LogP contribution in [-0.4, -0.2) is 17.0 Å². The Hall–Kier alpha value is -2.88. The van der Waals surface area contributed by atoms with E-state index in [1.807, 2.05) is 50.2 Å². The molecule has 1 heterocycles. The maximum atomic E-state index is 12.4. The molecule has 0 saturated heterocycles. The second-order valence-corrected chi connectivity index (χ2v) is 5.50. The Balaban J connectivity index is 2.02. The predicted molar refractivity (Wildman–Crippen MR) is 91.9 cm³/mol. The van der Waals surface area contributed by atoms with Crippen molar-refractivity contribution in [1.82, 2.24) is 4.98 Å². The SMILES string of the molecule is CC(C)Oc1cccc2cccc(NC(=O)c3ccccn3)c12. The molecule has 0 aliphatic rings. The number of fused-ring (bicyclic) bond motifs is 1. The van der Waals surface area contributed by atoms with Gasteiger partial charge in [0.15, 0.2) is 0 Å². The van der Waals surface area contributed by atoms with Crippen molar-refractivity contribution in [3.63, 3.8) is 0 Å². The fourth-order valence-electron chi connectivity index (χ4n) is 2.45. The minimum absolute atomic E-state index is 0.0557. The zero-order valence-electron chi connectivity index (χ0n) is 13.1. The van der Waals surface area contributed by atoms with Gasteiger partial charge in [0.25, 0.3) is 5.91 Å². The lowest BCUT2D eigenvalue weighted by atomic mass is 10.1. The van der Waals surface area contributed by atoms with Crippen molar-refractivity contribution >= 4 is 22.4 Å². The van der Waals surface area contributed by atoms with Crippen LogP contribution in [0.2, 0.25) is 0 Å². The summed E-state index contributed by atoms with van der Waals surface area (Å²) in [7, 11) is 0. The van der Waals surface area contributed by atoms with Gasteiger partial charge < -0.3 is 10.1 Å². The van der Waals surface area contributed by atoms with E-state index >= 15 is 0 Å². The number of carbonyl (C=O) groups is 1. The van der Waals surface area contributed by atoms with Gasteiger partial charge in [-0.05, 0) is 43.5 Å². The van der Waals surface area contributed by atoms with Crippen molar-refractivity contribution in [2.75, 3.05) is 5.32 Å². The first-order valence-electron chi connectivity index (χ1n) is 7.56. The summed E-state index contributed by atoms with van der Waals surface area (Å²) in [4.78, 5) is 16.5. The smallest absolute Gasteiger partial charge is 0.274 e. The van der Waals surface area contributed by atoms with Crippen LogP contribution in [-0.2, 0) is 0 Å². The van der Waals surface area contributed by atoms with E-state index < -0.39 is 0 Å². The molecule has 0 spiro atoms. The van der Waals surface area contributed by atoms with Crippen LogP contribution < -0.4 is 10.1 Å². The summed E-state index contributed by atoms with van der Waals surface area (Å²) in [5.74, 6) is 0.520. The highest BCUT2D eigenvalue weighted by Gasteiger charge is 2.12. The number of aromatic nitrogens is 1. The van der Waals surface area contributed by atoms with Gasteiger partial charge in [-0.25, -0.2) is 0 Å². The molecule has 0 bridgehead atoms. The van der Waals surface area contributed by atoms with Gasteiger partial charge in [0.05, 0.1) is 11.8 Å². The van der Waals surface area contributed by atoms with Crippen molar-refractivity contribution in [1.29, 1.82) is 0 Å². The van der Waals surface area contributed by atoms with E-state index in [1.165, 1.54) is 0 Å². The molecule has 0 atom stereocenters. The second-order valence-electron chi connectivity index (χ2n) is 5.50. The molecule has 1 N–H and O–H groups in total. The average molecular weight is 306 g/mol. The van der Waals surface area contributed by atoms with Gasteiger partial charge in [0.1, 0.15) is 11.4 Å². The molecule has 4 nitrogen and oxygen atoms in total. The summed E-state index contributed by atoms with van der Waals surface area (Å²) < 4.78 is 5.89. The van der Waals surface area contributed by atoms with Crippen LogP contribution in [0, 0.1) is 0 Å². The molecule has 3 aromatic rings. The maximum absolute atomic E-state index is 12.4. The largest absolute Gasteiger partial charge is 0.490 e. The molecular weight excluding hydrogens is 288 g/mol. The molecule has 0 radical (unpaired) electrons. The molecular formula is C19H18N2O2. The number of hydrogen-bond acceptors (Lipinski definition) is 3. The molecule has 3 rings (SSSR count). The van der Waals surface area contributed by atoms with Crippen LogP contribution in [0.5, 0.6) is 5.75 Å². The molecule has 1 amide bonds. The lowest BCUT2D eigenvalue weighted by Crippen LogP contribution is -2.14. The number of benzene rings is 2. The lowest BCUT2D eigenvalue weighted by Gasteiger charge is -2.15. The van der Waals surface area contributed by atoms with Gasteiger partial charge in [-0.3, -0.25) is 9.78 Å². The third kappa shape index (κ3) is 3.31. The number of nitrogens with zero attached hydrogens (tertiary/aromatic N) is 1. The van der Waals surface area contributed by atoms with E-state index in [2.05, 4.69) is 10.3 Å². The molecule has 0 fully saturated rings. The summed E-state index contributed by atoms with van der Waals surface area (Å²) in [5.41, 5.74) is 1.10. The van der Waals surface area contributed by atoms with E-state index in [0.717, 1.165) is 22.2 Å². The van der Waals surface area contributed by atoms with Gasteiger partial charge in [-0.1, -0.05) is 30.3 Å². The first-order valence-corrected chi connectivity index (χ1v) is 7.56. The molecule has 2 aromatic carbocycles. The number of amides is 1. The van der Waals surface area contributed by atoms with E-state index in [1.54, 1.807) is 24.4 Å². The summed E-state index contributed by atoms with van der Waals surface area (Å²) >= 11 is 0. The van der Waals surface area contributed by atoms with Crippen molar-refractivity contribution in [3.8, 4) is 5.75 Å². The molecule has 0 unspecified atom stereocenters. The molecule has 0 aliphatic carbocycles. The molecule has 1 aromatic heterocycles. The standard InChI is InChI=1S/C19H18N2O2/c1-13(2)23-17-11-6-8-14-7-5-10-15(18(14)17)21-19(22)16-9-3-4-12-20-16/h3-13H,1-2H3,(H,21,22). The van der Waals surface area contributed by atoms with E-state index in [0.29, 0.717) is 5.69 Å². The average Bonchev–Trinajstić information content (AvgIpc) is 2.55. The van der Waals surface area contributed by atoms with Crippen LogP contribution in [0.1, 0.15) is 24.3 Å². The zero-order valence-corrected chi connectivity index (χ0v) is 13.1.